The Morgan fingerprint density at radius 2 is 2.21 bits per heavy atom. The van der Waals surface area contributed by atoms with Gasteiger partial charge < -0.3 is 10.0 Å². The number of rotatable bonds is 3. The quantitative estimate of drug-likeness (QED) is 0.688. The van der Waals surface area contributed by atoms with Crippen LogP contribution in [0.1, 0.15) is 19.3 Å². The molecule has 2 aliphatic rings. The number of carboxylic acid groups (broad SMARTS) is 1. The fraction of sp³-hybridized carbons (Fsp3) is 0.412. The van der Waals surface area contributed by atoms with E-state index in [0.717, 1.165) is 12.8 Å². The van der Waals surface area contributed by atoms with E-state index < -0.39 is 16.3 Å². The van der Waals surface area contributed by atoms with Gasteiger partial charge in [-0.3, -0.25) is 14.9 Å². The van der Waals surface area contributed by atoms with Crippen LogP contribution in [-0.2, 0) is 4.79 Å². The maximum Gasteiger partial charge on any atom is 0.311 e. The first kappa shape index (κ1) is 14.9. The number of hydrogen-bond acceptors (Lipinski definition) is 5. The minimum Gasteiger partial charge on any atom is -0.481 e. The molecule has 1 aliphatic heterocycles. The van der Waals surface area contributed by atoms with E-state index in [1.807, 2.05) is 11.0 Å². The zero-order chi connectivity index (χ0) is 16.9. The lowest BCUT2D eigenvalue weighted by atomic mass is 9.81. The second-order valence-corrected chi connectivity index (χ2v) is 6.69. The lowest BCUT2D eigenvalue weighted by Crippen LogP contribution is -2.35. The topological polar surface area (TPSA) is 96.6 Å². The van der Waals surface area contributed by atoms with Crippen molar-refractivity contribution < 1.29 is 14.8 Å². The van der Waals surface area contributed by atoms with Gasteiger partial charge in [-0.2, -0.15) is 0 Å². The third kappa shape index (κ3) is 1.97. The average molecular weight is 327 g/mol. The Hall–Kier alpha value is -2.70. The number of benzene rings is 1. The van der Waals surface area contributed by atoms with Crippen LogP contribution in [0, 0.1) is 21.4 Å². The van der Waals surface area contributed by atoms with Crippen LogP contribution in [0.4, 0.5) is 11.5 Å². The zero-order valence-corrected chi connectivity index (χ0v) is 13.0. The minimum absolute atomic E-state index is 0.0449. The van der Waals surface area contributed by atoms with Crippen LogP contribution in [-0.4, -0.2) is 34.1 Å². The molecule has 24 heavy (non-hydrogen) atoms. The van der Waals surface area contributed by atoms with E-state index in [4.69, 9.17) is 0 Å². The van der Waals surface area contributed by atoms with Crippen LogP contribution in [0.25, 0.3) is 10.8 Å². The first-order chi connectivity index (χ1) is 11.5. The molecule has 1 saturated heterocycles. The van der Waals surface area contributed by atoms with Gasteiger partial charge >= 0.3 is 5.97 Å². The predicted octanol–water partition coefficient (Wildman–Crippen LogP) is 2.83. The summed E-state index contributed by atoms with van der Waals surface area (Å²) >= 11 is 0. The average Bonchev–Trinajstić information content (AvgIpc) is 3.11. The third-order valence-electron chi connectivity index (χ3n) is 5.55. The molecule has 7 heteroatoms. The van der Waals surface area contributed by atoms with Crippen LogP contribution >= 0.6 is 0 Å². The summed E-state index contributed by atoms with van der Waals surface area (Å²) in [6, 6.07) is 6.58. The number of nitro benzene ring substituents is 1. The van der Waals surface area contributed by atoms with Crippen molar-refractivity contribution in [2.75, 3.05) is 18.0 Å². The molecule has 1 N–H and O–H groups in total. The summed E-state index contributed by atoms with van der Waals surface area (Å²) in [7, 11) is 0. The van der Waals surface area contributed by atoms with Crippen molar-refractivity contribution in [3.05, 3.63) is 40.6 Å². The number of nitro groups is 1. The second-order valence-electron chi connectivity index (χ2n) is 6.69. The molecule has 2 atom stereocenters. The Kier molecular flexibility index (Phi) is 3.19. The Balaban J connectivity index is 1.80. The number of fused-ring (bicyclic) bond motifs is 2. The first-order valence-electron chi connectivity index (χ1n) is 8.03. The highest BCUT2D eigenvalue weighted by molar-refractivity contribution is 5.98. The van der Waals surface area contributed by atoms with Crippen LogP contribution < -0.4 is 4.90 Å². The van der Waals surface area contributed by atoms with Crippen molar-refractivity contribution in [3.8, 4) is 0 Å². The highest BCUT2D eigenvalue weighted by atomic mass is 16.6. The van der Waals surface area contributed by atoms with Crippen LogP contribution in [0.2, 0.25) is 0 Å². The smallest absolute Gasteiger partial charge is 0.311 e. The van der Waals surface area contributed by atoms with Gasteiger partial charge in [-0.15, -0.1) is 0 Å². The summed E-state index contributed by atoms with van der Waals surface area (Å²) in [4.78, 5) is 29.1. The summed E-state index contributed by atoms with van der Waals surface area (Å²) in [6.07, 6.45) is 4.10. The molecule has 1 aromatic carbocycles. The Labute approximate surface area is 138 Å². The number of nitrogens with zero attached hydrogens (tertiary/aromatic N) is 3. The fourth-order valence-corrected chi connectivity index (χ4v) is 4.39. The Morgan fingerprint density at radius 3 is 2.92 bits per heavy atom. The van der Waals surface area contributed by atoms with E-state index in [9.17, 15) is 20.0 Å². The summed E-state index contributed by atoms with van der Waals surface area (Å²) in [5.41, 5.74) is -0.659. The number of carboxylic acids is 1. The molecule has 1 aliphatic carbocycles. The number of aromatic nitrogens is 1. The summed E-state index contributed by atoms with van der Waals surface area (Å²) in [5, 5.41) is 22.2. The number of hydrogen-bond donors (Lipinski definition) is 1. The molecule has 2 aromatic rings. The Bertz CT molecular complexity index is 853. The van der Waals surface area contributed by atoms with Crippen LogP contribution in [0.3, 0.4) is 0 Å². The minimum atomic E-state index is -0.737. The van der Waals surface area contributed by atoms with Gasteiger partial charge in [0, 0.05) is 30.7 Å². The van der Waals surface area contributed by atoms with Crippen molar-refractivity contribution in [2.45, 2.75) is 19.3 Å². The molecule has 1 aromatic heterocycles. The van der Waals surface area contributed by atoms with E-state index in [1.165, 1.54) is 6.07 Å². The molecule has 124 valence electrons. The van der Waals surface area contributed by atoms with Crippen LogP contribution in [0.5, 0.6) is 0 Å². The zero-order valence-electron chi connectivity index (χ0n) is 13.0. The SMILES string of the molecule is O=C(O)[C@@]12CCC[C@H]1CN(c1nccc3c([N+](=O)[O-])cccc13)C2. The van der Waals surface area contributed by atoms with Gasteiger partial charge in [0.15, 0.2) is 0 Å². The number of carbonyl (C=O) groups is 1. The molecule has 2 fully saturated rings. The molecule has 0 radical (unpaired) electrons. The molecule has 0 spiro atoms. The van der Waals surface area contributed by atoms with E-state index in [0.29, 0.717) is 36.1 Å². The van der Waals surface area contributed by atoms with Crippen molar-refractivity contribution in [1.29, 1.82) is 0 Å². The molecule has 0 unspecified atom stereocenters. The van der Waals surface area contributed by atoms with Gasteiger partial charge in [0.1, 0.15) is 5.82 Å². The third-order valence-corrected chi connectivity index (χ3v) is 5.55. The standard InChI is InChI=1S/C17H17N3O4/c21-16(22)17-7-2-3-11(17)9-19(10-17)15-13-4-1-5-14(20(23)24)12(13)6-8-18-15/h1,4-6,8,11H,2-3,7,9-10H2,(H,21,22)/t11-,17+/m0/s1. The van der Waals surface area contributed by atoms with Gasteiger partial charge in [-0.05, 0) is 24.8 Å². The van der Waals surface area contributed by atoms with Gasteiger partial charge in [0.25, 0.3) is 5.69 Å². The highest BCUT2D eigenvalue weighted by Gasteiger charge is 2.55. The predicted molar refractivity (Wildman–Crippen MR) is 88.0 cm³/mol. The van der Waals surface area contributed by atoms with Gasteiger partial charge in [0.05, 0.1) is 15.7 Å². The molecule has 7 nitrogen and oxygen atoms in total. The monoisotopic (exact) mass is 327 g/mol. The maximum absolute atomic E-state index is 11.9. The van der Waals surface area contributed by atoms with Crippen molar-refractivity contribution >= 4 is 28.2 Å². The lowest BCUT2D eigenvalue weighted by molar-refractivity contribution is -0.383. The molecule has 0 amide bonds. The molecular formula is C17H17N3O4. The maximum atomic E-state index is 11.9. The lowest BCUT2D eigenvalue weighted by Gasteiger charge is -2.24. The Morgan fingerprint density at radius 1 is 1.38 bits per heavy atom. The van der Waals surface area contributed by atoms with E-state index in [-0.39, 0.29) is 11.6 Å². The van der Waals surface area contributed by atoms with Gasteiger partial charge in [0.2, 0.25) is 0 Å². The van der Waals surface area contributed by atoms with Gasteiger partial charge in [-0.1, -0.05) is 18.6 Å². The molecular weight excluding hydrogens is 310 g/mol. The van der Waals surface area contributed by atoms with E-state index >= 15 is 0 Å². The largest absolute Gasteiger partial charge is 0.481 e. The summed E-state index contributed by atoms with van der Waals surface area (Å²) < 4.78 is 0. The van der Waals surface area contributed by atoms with Crippen molar-refractivity contribution in [3.63, 3.8) is 0 Å². The van der Waals surface area contributed by atoms with Crippen molar-refractivity contribution in [2.24, 2.45) is 11.3 Å². The van der Waals surface area contributed by atoms with E-state index in [2.05, 4.69) is 4.98 Å². The first-order valence-corrected chi connectivity index (χ1v) is 8.03. The number of non-ortho nitro benzene ring substituents is 1. The van der Waals surface area contributed by atoms with E-state index in [1.54, 1.807) is 18.3 Å². The van der Waals surface area contributed by atoms with Crippen molar-refractivity contribution in [1.82, 2.24) is 4.98 Å². The highest BCUT2D eigenvalue weighted by Crippen LogP contribution is 2.50. The normalized spacial score (nSPS) is 25.8. The van der Waals surface area contributed by atoms with Gasteiger partial charge in [-0.25, -0.2) is 4.98 Å². The molecule has 2 heterocycles. The number of pyridine rings is 1. The number of anilines is 1. The van der Waals surface area contributed by atoms with Crippen LogP contribution in [0.15, 0.2) is 30.5 Å². The molecule has 0 bridgehead atoms. The summed E-state index contributed by atoms with van der Waals surface area (Å²) in [6.45, 7) is 1.06. The fourth-order valence-electron chi connectivity index (χ4n) is 4.39. The number of aliphatic carboxylic acids is 1. The summed E-state index contributed by atoms with van der Waals surface area (Å²) in [5.74, 6) is 0.0238. The molecule has 1 saturated carbocycles. The molecule has 4 rings (SSSR count). The second kappa shape index (κ2) is 5.15.